The van der Waals surface area contributed by atoms with E-state index in [4.69, 9.17) is 5.11 Å². The molecule has 0 saturated heterocycles. The molecule has 0 radical (unpaired) electrons. The molecule has 0 bridgehead atoms. The lowest BCUT2D eigenvalue weighted by atomic mass is 10.3. The van der Waals surface area contributed by atoms with Crippen LogP contribution in [0.25, 0.3) is 0 Å². The average Bonchev–Trinajstić information content (AvgIpc) is 2.30. The molecule has 0 aliphatic carbocycles. The maximum Gasteiger partial charge on any atom is 0.301 e. The Morgan fingerprint density at radius 3 is 2.58 bits per heavy atom. The molecule has 0 fully saturated rings. The van der Waals surface area contributed by atoms with Crippen LogP contribution in [0.2, 0.25) is 0 Å². The van der Waals surface area contributed by atoms with Gasteiger partial charge >= 0.3 is 10.2 Å². The maximum absolute atomic E-state index is 13.5. The topological polar surface area (TPSA) is 69.6 Å². The Labute approximate surface area is 118 Å². The summed E-state index contributed by atoms with van der Waals surface area (Å²) in [5.41, 5.74) is -0.364. The van der Waals surface area contributed by atoms with E-state index in [0.29, 0.717) is 6.07 Å². The monoisotopic (exact) mass is 358 g/mol. The van der Waals surface area contributed by atoms with Crippen molar-refractivity contribution in [2.45, 2.75) is 6.42 Å². The average molecular weight is 359 g/mol. The van der Waals surface area contributed by atoms with Crippen LogP contribution in [0.5, 0.6) is 0 Å². The van der Waals surface area contributed by atoms with Crippen LogP contribution in [0.3, 0.4) is 0 Å². The van der Waals surface area contributed by atoms with Crippen molar-refractivity contribution >= 4 is 31.8 Å². The third-order valence-electron chi connectivity index (χ3n) is 2.28. The summed E-state index contributed by atoms with van der Waals surface area (Å²) in [5, 5.41) is 8.64. The summed E-state index contributed by atoms with van der Waals surface area (Å²) in [6.45, 7) is -0.0826. The molecule has 9 heteroatoms. The van der Waals surface area contributed by atoms with Gasteiger partial charge in [-0.25, -0.2) is 8.78 Å². The van der Waals surface area contributed by atoms with Gasteiger partial charge in [0.25, 0.3) is 0 Å². The van der Waals surface area contributed by atoms with Gasteiger partial charge in [-0.05, 0) is 28.4 Å². The van der Waals surface area contributed by atoms with Crippen molar-refractivity contribution < 1.29 is 22.3 Å². The highest BCUT2D eigenvalue weighted by molar-refractivity contribution is 9.10. The van der Waals surface area contributed by atoms with Crippen LogP contribution in [0.1, 0.15) is 6.42 Å². The molecule has 0 aliphatic rings. The highest BCUT2D eigenvalue weighted by Crippen LogP contribution is 2.28. The first kappa shape index (κ1) is 16.3. The smallest absolute Gasteiger partial charge is 0.301 e. The van der Waals surface area contributed by atoms with Gasteiger partial charge in [0.1, 0.15) is 5.82 Å². The van der Waals surface area contributed by atoms with E-state index in [2.05, 4.69) is 15.9 Å². The summed E-state index contributed by atoms with van der Waals surface area (Å²) in [7, 11) is -2.68. The van der Waals surface area contributed by atoms with E-state index < -0.39 is 21.8 Å². The van der Waals surface area contributed by atoms with Crippen LogP contribution in [0.4, 0.5) is 14.5 Å². The zero-order valence-corrected chi connectivity index (χ0v) is 12.4. The van der Waals surface area contributed by atoms with E-state index in [1.165, 1.54) is 7.05 Å². The zero-order chi connectivity index (χ0) is 14.6. The molecule has 2 N–H and O–H groups in total. The van der Waals surface area contributed by atoms with Gasteiger partial charge in [-0.3, -0.25) is 4.72 Å². The Kier molecular flexibility index (Phi) is 5.65. The number of rotatable bonds is 6. The van der Waals surface area contributed by atoms with Crippen LogP contribution < -0.4 is 4.72 Å². The van der Waals surface area contributed by atoms with Gasteiger partial charge in [-0.1, -0.05) is 0 Å². The summed E-state index contributed by atoms with van der Waals surface area (Å²) in [6.07, 6.45) is 0.254. The van der Waals surface area contributed by atoms with Crippen LogP contribution in [0.15, 0.2) is 16.6 Å². The minimum absolute atomic E-state index is 0.0378. The zero-order valence-electron chi connectivity index (χ0n) is 10.0. The Morgan fingerprint density at radius 1 is 1.42 bits per heavy atom. The van der Waals surface area contributed by atoms with E-state index in [-0.39, 0.29) is 29.7 Å². The van der Waals surface area contributed by atoms with Gasteiger partial charge in [-0.15, -0.1) is 0 Å². The van der Waals surface area contributed by atoms with E-state index >= 15 is 0 Å². The van der Waals surface area contributed by atoms with Gasteiger partial charge < -0.3 is 5.11 Å². The SMILES string of the molecule is CN(CCCO)S(=O)(=O)Nc1c(F)cc(F)cc1Br. The highest BCUT2D eigenvalue weighted by atomic mass is 79.9. The van der Waals surface area contributed by atoms with Gasteiger partial charge in [0.05, 0.1) is 5.69 Å². The Hall–Kier alpha value is -0.770. The summed E-state index contributed by atoms with van der Waals surface area (Å²) in [5.74, 6) is -1.84. The first-order chi connectivity index (χ1) is 8.77. The lowest BCUT2D eigenvalue weighted by molar-refractivity contribution is 0.276. The fraction of sp³-hybridized carbons (Fsp3) is 0.400. The second kappa shape index (κ2) is 6.60. The van der Waals surface area contributed by atoms with Crippen LogP contribution in [0, 0.1) is 11.6 Å². The number of aliphatic hydroxyl groups is 1. The molecule has 0 saturated carbocycles. The molecular weight excluding hydrogens is 346 g/mol. The Balaban J connectivity index is 2.96. The fourth-order valence-electron chi connectivity index (χ4n) is 1.26. The number of anilines is 1. The van der Waals surface area contributed by atoms with Gasteiger partial charge in [0, 0.05) is 30.7 Å². The molecule has 1 aromatic carbocycles. The van der Waals surface area contributed by atoms with Crippen LogP contribution in [-0.2, 0) is 10.2 Å². The van der Waals surface area contributed by atoms with Crippen LogP contribution >= 0.6 is 15.9 Å². The molecule has 0 atom stereocenters. The maximum atomic E-state index is 13.5. The molecule has 1 aromatic rings. The lowest BCUT2D eigenvalue weighted by Gasteiger charge is -2.18. The molecular formula is C10H13BrF2N2O3S. The standard InChI is InChI=1S/C10H13BrF2N2O3S/c1-15(3-2-4-16)19(17,18)14-10-8(11)5-7(12)6-9(10)13/h5-6,14,16H,2-4H2,1H3. The Morgan fingerprint density at radius 2 is 2.05 bits per heavy atom. The molecule has 0 aromatic heterocycles. The quantitative estimate of drug-likeness (QED) is 0.812. The first-order valence-electron chi connectivity index (χ1n) is 5.27. The molecule has 0 unspecified atom stereocenters. The summed E-state index contributed by atoms with van der Waals surface area (Å²) in [6, 6.07) is 1.53. The number of benzene rings is 1. The van der Waals surface area contributed by atoms with Crippen molar-refractivity contribution in [3.05, 3.63) is 28.2 Å². The number of aliphatic hydroxyl groups excluding tert-OH is 1. The third-order valence-corrected chi connectivity index (χ3v) is 4.37. The van der Waals surface area contributed by atoms with Crippen molar-refractivity contribution in [1.29, 1.82) is 0 Å². The number of hydrogen-bond donors (Lipinski definition) is 2. The van der Waals surface area contributed by atoms with E-state index in [1.807, 2.05) is 4.72 Å². The summed E-state index contributed by atoms with van der Waals surface area (Å²) < 4.78 is 53.0. The molecule has 0 amide bonds. The number of halogens is 3. The van der Waals surface area contributed by atoms with Crippen molar-refractivity contribution in [3.63, 3.8) is 0 Å². The van der Waals surface area contributed by atoms with E-state index in [0.717, 1.165) is 10.4 Å². The van der Waals surface area contributed by atoms with Gasteiger partial charge in [-0.2, -0.15) is 12.7 Å². The number of hydrogen-bond acceptors (Lipinski definition) is 3. The third kappa shape index (κ3) is 4.37. The van der Waals surface area contributed by atoms with Gasteiger partial charge in [0.15, 0.2) is 5.82 Å². The predicted octanol–water partition coefficient (Wildman–Crippen LogP) is 1.70. The van der Waals surface area contributed by atoms with Gasteiger partial charge in [0.2, 0.25) is 0 Å². The van der Waals surface area contributed by atoms with Crippen molar-refractivity contribution in [2.75, 3.05) is 24.9 Å². The van der Waals surface area contributed by atoms with Crippen molar-refractivity contribution in [3.8, 4) is 0 Å². The van der Waals surface area contributed by atoms with E-state index in [1.54, 1.807) is 0 Å². The van der Waals surface area contributed by atoms with Crippen molar-refractivity contribution in [2.24, 2.45) is 0 Å². The highest BCUT2D eigenvalue weighted by Gasteiger charge is 2.21. The summed E-state index contributed by atoms with van der Waals surface area (Å²) >= 11 is 2.89. The van der Waals surface area contributed by atoms with Crippen molar-refractivity contribution in [1.82, 2.24) is 4.31 Å². The largest absolute Gasteiger partial charge is 0.396 e. The normalized spacial score (nSPS) is 11.9. The minimum atomic E-state index is -3.96. The minimum Gasteiger partial charge on any atom is -0.396 e. The number of nitrogens with one attached hydrogen (secondary N) is 1. The first-order valence-corrected chi connectivity index (χ1v) is 7.50. The molecule has 0 heterocycles. The van der Waals surface area contributed by atoms with Crippen LogP contribution in [-0.4, -0.2) is 38.0 Å². The summed E-state index contributed by atoms with van der Waals surface area (Å²) in [4.78, 5) is 0. The lowest BCUT2D eigenvalue weighted by Crippen LogP contribution is -2.34. The molecule has 19 heavy (non-hydrogen) atoms. The number of nitrogens with zero attached hydrogens (tertiary/aromatic N) is 1. The molecule has 108 valence electrons. The second-order valence-corrected chi connectivity index (χ2v) is 6.38. The Bertz CT molecular complexity index is 531. The molecule has 5 nitrogen and oxygen atoms in total. The molecule has 0 spiro atoms. The predicted molar refractivity (Wildman–Crippen MR) is 70.9 cm³/mol. The van der Waals surface area contributed by atoms with E-state index in [9.17, 15) is 17.2 Å². The fourth-order valence-corrected chi connectivity index (χ4v) is 2.89. The molecule has 0 aliphatic heterocycles. The second-order valence-electron chi connectivity index (χ2n) is 3.75. The molecule has 1 rings (SSSR count).